The Morgan fingerprint density at radius 3 is 2.48 bits per heavy atom. The predicted molar refractivity (Wildman–Crippen MR) is 96.6 cm³/mol. The molecule has 1 atom stereocenters. The van der Waals surface area contributed by atoms with Gasteiger partial charge < -0.3 is 5.32 Å². The summed E-state index contributed by atoms with van der Waals surface area (Å²) < 4.78 is 1.77. The van der Waals surface area contributed by atoms with Crippen LogP contribution in [0.3, 0.4) is 0 Å². The van der Waals surface area contributed by atoms with Crippen LogP contribution >= 0.6 is 0 Å². The minimum absolute atomic E-state index is 0.000229. The van der Waals surface area contributed by atoms with E-state index < -0.39 is 0 Å². The summed E-state index contributed by atoms with van der Waals surface area (Å²) in [5, 5.41) is 7.37. The average Bonchev–Trinajstić information content (AvgIpc) is 2.81. The van der Waals surface area contributed by atoms with Gasteiger partial charge in [0.15, 0.2) is 5.78 Å². The molecule has 0 saturated carbocycles. The van der Waals surface area contributed by atoms with Gasteiger partial charge in [-0.1, -0.05) is 0 Å². The SMILES string of the molecule is CC(=O)c1c(C)nn([C@H](C)CC(=O)NCc2cnc(C)cc2C)c1C. The summed E-state index contributed by atoms with van der Waals surface area (Å²) in [4.78, 5) is 28.3. The molecule has 2 rings (SSSR count). The zero-order valence-electron chi connectivity index (χ0n) is 15.8. The Kier molecular flexibility index (Phi) is 5.72. The molecule has 6 nitrogen and oxygen atoms in total. The fourth-order valence-electron chi connectivity index (χ4n) is 3.13. The summed E-state index contributed by atoms with van der Waals surface area (Å²) in [7, 11) is 0. The Morgan fingerprint density at radius 1 is 1.24 bits per heavy atom. The number of nitrogens with one attached hydrogen (secondary N) is 1. The van der Waals surface area contributed by atoms with E-state index >= 15 is 0 Å². The Balaban J connectivity index is 2.01. The highest BCUT2D eigenvalue weighted by atomic mass is 16.1. The number of aryl methyl sites for hydroxylation is 3. The van der Waals surface area contributed by atoms with Gasteiger partial charge in [0.2, 0.25) is 5.91 Å². The molecule has 6 heteroatoms. The van der Waals surface area contributed by atoms with Gasteiger partial charge in [-0.25, -0.2) is 0 Å². The molecule has 0 saturated heterocycles. The monoisotopic (exact) mass is 342 g/mol. The molecular formula is C19H26N4O2. The average molecular weight is 342 g/mol. The number of rotatable bonds is 6. The van der Waals surface area contributed by atoms with Crippen molar-refractivity contribution in [1.82, 2.24) is 20.1 Å². The van der Waals surface area contributed by atoms with Crippen LogP contribution in [0.25, 0.3) is 0 Å². The summed E-state index contributed by atoms with van der Waals surface area (Å²) in [5.74, 6) is -0.0512. The molecule has 1 N–H and O–H groups in total. The minimum atomic E-state index is -0.121. The maximum Gasteiger partial charge on any atom is 0.222 e. The van der Waals surface area contributed by atoms with Crippen molar-refractivity contribution in [3.8, 4) is 0 Å². The summed E-state index contributed by atoms with van der Waals surface area (Å²) in [6.45, 7) is 11.6. The van der Waals surface area contributed by atoms with Crippen molar-refractivity contribution in [2.75, 3.05) is 0 Å². The van der Waals surface area contributed by atoms with Gasteiger partial charge >= 0.3 is 0 Å². The third kappa shape index (κ3) is 4.32. The maximum atomic E-state index is 12.3. The minimum Gasteiger partial charge on any atom is -0.352 e. The van der Waals surface area contributed by atoms with E-state index in [0.717, 1.165) is 22.5 Å². The topological polar surface area (TPSA) is 76.9 Å². The highest BCUT2D eigenvalue weighted by Gasteiger charge is 2.20. The van der Waals surface area contributed by atoms with Crippen LogP contribution in [0.5, 0.6) is 0 Å². The predicted octanol–water partition coefficient (Wildman–Crippen LogP) is 2.98. The third-order valence-corrected chi connectivity index (χ3v) is 4.41. The van der Waals surface area contributed by atoms with Crippen LogP contribution in [-0.2, 0) is 11.3 Å². The van der Waals surface area contributed by atoms with Crippen molar-refractivity contribution >= 4 is 11.7 Å². The smallest absolute Gasteiger partial charge is 0.222 e. The Labute approximate surface area is 148 Å². The van der Waals surface area contributed by atoms with Crippen molar-refractivity contribution in [3.63, 3.8) is 0 Å². The first kappa shape index (κ1) is 18.8. The zero-order valence-corrected chi connectivity index (χ0v) is 15.8. The van der Waals surface area contributed by atoms with Gasteiger partial charge in [-0.3, -0.25) is 19.3 Å². The van der Waals surface area contributed by atoms with Crippen molar-refractivity contribution < 1.29 is 9.59 Å². The molecule has 0 aliphatic heterocycles. The van der Waals surface area contributed by atoms with E-state index in [-0.39, 0.29) is 17.7 Å². The first-order valence-electron chi connectivity index (χ1n) is 8.46. The van der Waals surface area contributed by atoms with Gasteiger partial charge in [0, 0.05) is 30.6 Å². The number of Topliss-reactive ketones (excluding diaryl/α,β-unsaturated/α-hetero) is 1. The van der Waals surface area contributed by atoms with E-state index in [1.165, 1.54) is 6.92 Å². The molecule has 25 heavy (non-hydrogen) atoms. The number of pyridine rings is 1. The molecule has 0 aromatic carbocycles. The van der Waals surface area contributed by atoms with Crippen LogP contribution in [0, 0.1) is 27.7 Å². The summed E-state index contributed by atoms with van der Waals surface area (Å²) >= 11 is 0. The summed E-state index contributed by atoms with van der Waals surface area (Å²) in [5.41, 5.74) is 5.25. The van der Waals surface area contributed by atoms with Crippen molar-refractivity contribution in [1.29, 1.82) is 0 Å². The molecule has 0 radical (unpaired) electrons. The molecule has 0 fully saturated rings. The second kappa shape index (κ2) is 7.59. The van der Waals surface area contributed by atoms with Crippen LogP contribution in [-0.4, -0.2) is 26.5 Å². The third-order valence-electron chi connectivity index (χ3n) is 4.41. The van der Waals surface area contributed by atoms with Crippen molar-refractivity contribution in [2.24, 2.45) is 0 Å². The number of nitrogens with zero attached hydrogens (tertiary/aromatic N) is 3. The largest absolute Gasteiger partial charge is 0.352 e. The fourth-order valence-corrected chi connectivity index (χ4v) is 3.13. The Morgan fingerprint density at radius 2 is 1.92 bits per heavy atom. The van der Waals surface area contributed by atoms with Crippen molar-refractivity contribution in [3.05, 3.63) is 46.0 Å². The molecule has 1 amide bonds. The molecular weight excluding hydrogens is 316 g/mol. The lowest BCUT2D eigenvalue weighted by Crippen LogP contribution is -2.26. The number of hydrogen-bond acceptors (Lipinski definition) is 4. The zero-order chi connectivity index (χ0) is 18.7. The van der Waals surface area contributed by atoms with Gasteiger partial charge in [-0.15, -0.1) is 0 Å². The van der Waals surface area contributed by atoms with Crippen LogP contribution in [0.15, 0.2) is 12.3 Å². The van der Waals surface area contributed by atoms with E-state index in [4.69, 9.17) is 0 Å². The molecule has 0 aliphatic carbocycles. The molecule has 2 heterocycles. The summed E-state index contributed by atoms with van der Waals surface area (Å²) in [6, 6.07) is 1.88. The number of ketones is 1. The molecule has 0 spiro atoms. The molecule has 2 aromatic rings. The van der Waals surface area contributed by atoms with E-state index in [0.29, 0.717) is 24.2 Å². The Bertz CT molecular complexity index is 808. The van der Waals surface area contributed by atoms with Gasteiger partial charge in [-0.05, 0) is 58.7 Å². The van der Waals surface area contributed by atoms with Gasteiger partial charge in [0.1, 0.15) is 0 Å². The molecule has 0 aliphatic rings. The first-order valence-corrected chi connectivity index (χ1v) is 8.46. The summed E-state index contributed by atoms with van der Waals surface area (Å²) in [6.07, 6.45) is 2.10. The second-order valence-electron chi connectivity index (χ2n) is 6.63. The normalized spacial score (nSPS) is 12.1. The quantitative estimate of drug-likeness (QED) is 0.819. The highest BCUT2D eigenvalue weighted by molar-refractivity contribution is 5.96. The number of carbonyl (C=O) groups excluding carboxylic acids is 2. The number of carbonyl (C=O) groups is 2. The Hall–Kier alpha value is -2.50. The molecule has 134 valence electrons. The second-order valence-corrected chi connectivity index (χ2v) is 6.63. The van der Waals surface area contributed by atoms with Gasteiger partial charge in [-0.2, -0.15) is 5.10 Å². The first-order chi connectivity index (χ1) is 11.7. The van der Waals surface area contributed by atoms with Crippen LogP contribution < -0.4 is 5.32 Å². The molecule has 0 bridgehead atoms. The van der Waals surface area contributed by atoms with E-state index in [1.54, 1.807) is 10.9 Å². The lowest BCUT2D eigenvalue weighted by Gasteiger charge is -2.15. The lowest BCUT2D eigenvalue weighted by atomic mass is 10.1. The van der Waals surface area contributed by atoms with E-state index in [1.807, 2.05) is 40.7 Å². The maximum absolute atomic E-state index is 12.3. The number of hydrogen-bond donors (Lipinski definition) is 1. The molecule has 2 aromatic heterocycles. The van der Waals surface area contributed by atoms with Crippen molar-refractivity contribution in [2.45, 2.75) is 60.5 Å². The van der Waals surface area contributed by atoms with Crippen LogP contribution in [0.2, 0.25) is 0 Å². The van der Waals surface area contributed by atoms with Gasteiger partial charge in [0.05, 0.1) is 17.3 Å². The highest BCUT2D eigenvalue weighted by Crippen LogP contribution is 2.20. The van der Waals surface area contributed by atoms with E-state index in [2.05, 4.69) is 15.4 Å². The number of amides is 1. The fraction of sp³-hybridized carbons (Fsp3) is 0.474. The number of aromatic nitrogens is 3. The van der Waals surface area contributed by atoms with Crippen LogP contribution in [0.1, 0.15) is 64.9 Å². The van der Waals surface area contributed by atoms with E-state index in [9.17, 15) is 9.59 Å². The van der Waals surface area contributed by atoms with Crippen LogP contribution in [0.4, 0.5) is 0 Å². The standard InChI is InChI=1S/C19H26N4O2/c1-11-7-12(2)20-9-17(11)10-21-18(25)8-13(3)23-15(5)19(16(6)24)14(4)22-23/h7,9,13H,8,10H2,1-6H3,(H,21,25)/t13-/m1/s1. The van der Waals surface area contributed by atoms with Gasteiger partial charge in [0.25, 0.3) is 0 Å². The lowest BCUT2D eigenvalue weighted by molar-refractivity contribution is -0.122. The molecule has 0 unspecified atom stereocenters.